The van der Waals surface area contributed by atoms with Crippen molar-refractivity contribution in [3.8, 4) is 0 Å². The van der Waals surface area contributed by atoms with E-state index in [0.717, 1.165) is 12.1 Å². The molecular weight excluding hydrogens is 217 g/mol. The summed E-state index contributed by atoms with van der Waals surface area (Å²) in [6.45, 7) is 0. The summed E-state index contributed by atoms with van der Waals surface area (Å²) in [4.78, 5) is 12.5. The smallest absolute Gasteiger partial charge is 0.258 e. The van der Waals surface area contributed by atoms with E-state index >= 15 is 0 Å². The Hall–Kier alpha value is -1.38. The first kappa shape index (κ1) is 9.71. The minimum Gasteiger partial charge on any atom is -0.258 e. The van der Waals surface area contributed by atoms with Gasteiger partial charge < -0.3 is 0 Å². The minimum absolute atomic E-state index is 0.00253. The second-order valence-electron chi connectivity index (χ2n) is 2.11. The largest absolute Gasteiger partial charge is 0.405 e. The molecule has 0 atom stereocenters. The molecule has 0 N–H and O–H groups in total. The van der Waals surface area contributed by atoms with Gasteiger partial charge in [0.25, 0.3) is 5.69 Å². The Morgan fingerprint density at radius 1 is 1.38 bits per heavy atom. The number of nitro groups is 1. The summed E-state index contributed by atoms with van der Waals surface area (Å²) in [5, 5.41) is 18.6. The molecule has 0 fully saturated rings. The maximum Gasteiger partial charge on any atom is 0.405 e. The Kier molecular flexibility index (Phi) is 2.66. The molecule has 0 heterocycles. The lowest BCUT2D eigenvalue weighted by Gasteiger charge is -1.92. The molecule has 0 saturated heterocycles. The van der Waals surface area contributed by atoms with Gasteiger partial charge in [0, 0.05) is 6.07 Å². The van der Waals surface area contributed by atoms with E-state index in [1.165, 1.54) is 0 Å². The van der Waals surface area contributed by atoms with Crippen molar-refractivity contribution in [2.75, 3.05) is 0 Å². The van der Waals surface area contributed by atoms with Gasteiger partial charge in [-0.2, -0.15) is 0 Å². The summed E-state index contributed by atoms with van der Waals surface area (Å²) in [5.74, 6) is 0. The van der Waals surface area contributed by atoms with Gasteiger partial charge in [0.15, 0.2) is 4.98 Å². The average molecular weight is 219 g/mol. The van der Waals surface area contributed by atoms with Crippen molar-refractivity contribution in [1.29, 1.82) is 5.39 Å². The number of rotatable bonds is 1. The molecule has 0 aliphatic carbocycles. The molecule has 66 valence electrons. The standard InChI is InChI=1S/C6H2Cl2N3O2/c7-3-2-6(11(12)13)4(8)1-5(3)10-9/h1-2H/q+1. The van der Waals surface area contributed by atoms with Crippen molar-refractivity contribution in [2.24, 2.45) is 0 Å². The number of benzene rings is 1. The van der Waals surface area contributed by atoms with Crippen LogP contribution in [0.25, 0.3) is 4.98 Å². The SMILES string of the molecule is N#[N+]c1cc(Cl)c([N+](=O)[O-])cc1Cl. The summed E-state index contributed by atoms with van der Waals surface area (Å²) in [6.07, 6.45) is 0. The quantitative estimate of drug-likeness (QED) is 0.412. The molecule has 0 aliphatic heterocycles. The minimum atomic E-state index is -0.671. The van der Waals surface area contributed by atoms with E-state index < -0.39 is 4.92 Å². The molecule has 0 saturated carbocycles. The molecule has 7 heteroatoms. The summed E-state index contributed by atoms with van der Waals surface area (Å²) >= 11 is 11.0. The maximum atomic E-state index is 10.3. The molecule has 0 aliphatic rings. The van der Waals surface area contributed by atoms with E-state index in [2.05, 4.69) is 4.98 Å². The zero-order chi connectivity index (χ0) is 10.0. The predicted octanol–water partition coefficient (Wildman–Crippen LogP) is 3.39. The van der Waals surface area contributed by atoms with E-state index in [1.54, 1.807) is 0 Å². The lowest BCUT2D eigenvalue weighted by atomic mass is 10.3. The molecule has 1 rings (SSSR count). The summed E-state index contributed by atoms with van der Waals surface area (Å²) in [6, 6.07) is 2.14. The topological polar surface area (TPSA) is 71.3 Å². The number of nitro benzene ring substituents is 1. The first-order valence-corrected chi connectivity index (χ1v) is 3.80. The molecule has 0 aromatic heterocycles. The monoisotopic (exact) mass is 218 g/mol. The molecular formula is C6H2Cl2N3O2+. The van der Waals surface area contributed by atoms with E-state index in [-0.39, 0.29) is 21.4 Å². The number of diazo groups is 1. The van der Waals surface area contributed by atoms with Gasteiger partial charge in [0.2, 0.25) is 5.39 Å². The second-order valence-corrected chi connectivity index (χ2v) is 2.93. The van der Waals surface area contributed by atoms with Gasteiger partial charge in [-0.3, -0.25) is 10.1 Å². The molecule has 13 heavy (non-hydrogen) atoms. The molecule has 0 radical (unpaired) electrons. The molecule has 0 unspecified atom stereocenters. The van der Waals surface area contributed by atoms with E-state index in [0.29, 0.717) is 0 Å². The fourth-order valence-corrected chi connectivity index (χ4v) is 1.16. The van der Waals surface area contributed by atoms with Crippen LogP contribution in [0.3, 0.4) is 0 Å². The van der Waals surface area contributed by atoms with E-state index in [9.17, 15) is 10.1 Å². The summed E-state index contributed by atoms with van der Waals surface area (Å²) in [5.41, 5.74) is -0.323. The van der Waals surface area contributed by atoms with Crippen LogP contribution in [0.1, 0.15) is 0 Å². The van der Waals surface area contributed by atoms with E-state index in [1.807, 2.05) is 0 Å². The Morgan fingerprint density at radius 3 is 2.46 bits per heavy atom. The average Bonchev–Trinajstić information content (AvgIpc) is 2.07. The van der Waals surface area contributed by atoms with Crippen LogP contribution in [-0.2, 0) is 0 Å². The van der Waals surface area contributed by atoms with Crippen LogP contribution in [-0.4, -0.2) is 4.92 Å². The molecule has 1 aromatic rings. The Balaban J connectivity index is 3.39. The molecule has 0 amide bonds. The second kappa shape index (κ2) is 3.56. The van der Waals surface area contributed by atoms with Gasteiger partial charge in [0.1, 0.15) is 10.0 Å². The third-order valence-corrected chi connectivity index (χ3v) is 1.93. The molecule has 1 aromatic carbocycles. The summed E-state index contributed by atoms with van der Waals surface area (Å²) < 4.78 is 0. The van der Waals surface area contributed by atoms with Crippen LogP contribution in [0.4, 0.5) is 11.4 Å². The number of nitrogens with zero attached hydrogens (tertiary/aromatic N) is 3. The van der Waals surface area contributed by atoms with E-state index in [4.69, 9.17) is 28.6 Å². The van der Waals surface area contributed by atoms with Crippen molar-refractivity contribution >= 4 is 34.6 Å². The number of hydrogen-bond acceptors (Lipinski definition) is 3. The highest BCUT2D eigenvalue weighted by atomic mass is 35.5. The fourth-order valence-electron chi connectivity index (χ4n) is 0.742. The lowest BCUT2D eigenvalue weighted by molar-refractivity contribution is -0.384. The van der Waals surface area contributed by atoms with Crippen LogP contribution in [0.5, 0.6) is 0 Å². The maximum absolute atomic E-state index is 10.3. The highest BCUT2D eigenvalue weighted by Crippen LogP contribution is 2.35. The van der Waals surface area contributed by atoms with Crippen LogP contribution in [0.2, 0.25) is 10.0 Å². The Morgan fingerprint density at radius 2 is 2.00 bits per heavy atom. The Labute approximate surface area is 82.7 Å². The van der Waals surface area contributed by atoms with Crippen LogP contribution in [0, 0.1) is 15.5 Å². The van der Waals surface area contributed by atoms with Gasteiger partial charge in [-0.25, -0.2) is 0 Å². The predicted molar refractivity (Wildman–Crippen MR) is 47.9 cm³/mol. The van der Waals surface area contributed by atoms with Gasteiger partial charge in [0.05, 0.1) is 11.0 Å². The third-order valence-electron chi connectivity index (χ3n) is 1.32. The summed E-state index contributed by atoms with van der Waals surface area (Å²) in [7, 11) is 0. The zero-order valence-electron chi connectivity index (χ0n) is 6.07. The Bertz CT molecular complexity index is 413. The van der Waals surface area contributed by atoms with Gasteiger partial charge in [-0.15, -0.1) is 0 Å². The third kappa shape index (κ3) is 1.86. The number of halogens is 2. The highest BCUT2D eigenvalue weighted by Gasteiger charge is 2.21. The van der Waals surface area contributed by atoms with Crippen molar-refractivity contribution in [2.45, 2.75) is 0 Å². The van der Waals surface area contributed by atoms with Crippen molar-refractivity contribution in [3.63, 3.8) is 0 Å². The van der Waals surface area contributed by atoms with Gasteiger partial charge >= 0.3 is 5.69 Å². The van der Waals surface area contributed by atoms with Crippen molar-refractivity contribution < 1.29 is 4.92 Å². The lowest BCUT2D eigenvalue weighted by Crippen LogP contribution is -1.88. The first-order valence-electron chi connectivity index (χ1n) is 3.05. The van der Waals surface area contributed by atoms with Crippen LogP contribution in [0.15, 0.2) is 12.1 Å². The molecule has 0 bridgehead atoms. The number of hydrogen-bond donors (Lipinski definition) is 0. The van der Waals surface area contributed by atoms with Crippen LogP contribution >= 0.6 is 23.2 Å². The highest BCUT2D eigenvalue weighted by molar-refractivity contribution is 6.36. The van der Waals surface area contributed by atoms with Gasteiger partial charge in [-0.05, 0) is 0 Å². The normalized spacial score (nSPS) is 9.31. The van der Waals surface area contributed by atoms with Crippen molar-refractivity contribution in [1.82, 2.24) is 0 Å². The molecule has 5 nitrogen and oxygen atoms in total. The molecule has 0 spiro atoms. The zero-order valence-corrected chi connectivity index (χ0v) is 7.58. The first-order chi connectivity index (χ1) is 6.06. The van der Waals surface area contributed by atoms with Crippen LogP contribution < -0.4 is 0 Å². The van der Waals surface area contributed by atoms with Gasteiger partial charge in [-0.1, -0.05) is 23.2 Å². The van der Waals surface area contributed by atoms with Crippen molar-refractivity contribution in [3.05, 3.63) is 37.3 Å². The fraction of sp³-hybridized carbons (Fsp3) is 0.